The summed E-state index contributed by atoms with van der Waals surface area (Å²) in [6, 6.07) is 8.59. The molecule has 5 nitrogen and oxygen atoms in total. The zero-order chi connectivity index (χ0) is 17.1. The first kappa shape index (κ1) is 16.3. The Labute approximate surface area is 148 Å². The average Bonchev–Trinajstić information content (AvgIpc) is 3.27. The van der Waals surface area contributed by atoms with E-state index in [1.807, 2.05) is 0 Å². The van der Waals surface area contributed by atoms with Crippen LogP contribution in [-0.2, 0) is 13.0 Å². The Morgan fingerprint density at radius 2 is 2.08 bits per heavy atom. The van der Waals surface area contributed by atoms with Gasteiger partial charge in [-0.25, -0.2) is 0 Å². The van der Waals surface area contributed by atoms with E-state index in [9.17, 15) is 0 Å². The molecule has 0 spiro atoms. The first-order valence-electron chi connectivity index (χ1n) is 9.43. The molecule has 1 N–H and O–H groups in total. The number of aromatic nitrogens is 3. The summed E-state index contributed by atoms with van der Waals surface area (Å²) in [4.78, 5) is 10.4. The number of aromatic amines is 1. The van der Waals surface area contributed by atoms with Crippen LogP contribution in [0.2, 0.25) is 0 Å². The van der Waals surface area contributed by atoms with Crippen molar-refractivity contribution in [3.63, 3.8) is 0 Å². The van der Waals surface area contributed by atoms with Crippen LogP contribution in [0.3, 0.4) is 0 Å². The molecule has 1 saturated heterocycles. The van der Waals surface area contributed by atoms with Crippen LogP contribution in [0.5, 0.6) is 0 Å². The van der Waals surface area contributed by atoms with Crippen LogP contribution in [0, 0.1) is 0 Å². The number of piperidine rings is 1. The van der Waals surface area contributed by atoms with Crippen molar-refractivity contribution in [1.82, 2.24) is 20.0 Å². The topological polar surface area (TPSA) is 58.0 Å². The highest BCUT2D eigenvalue weighted by atomic mass is 16.5. The molecule has 2 aromatic heterocycles. The molecule has 1 aliphatic heterocycles. The summed E-state index contributed by atoms with van der Waals surface area (Å²) in [5.74, 6) is 2.25. The number of benzene rings is 1. The van der Waals surface area contributed by atoms with Gasteiger partial charge in [-0.15, -0.1) is 0 Å². The molecule has 1 fully saturated rings. The van der Waals surface area contributed by atoms with E-state index in [0.717, 1.165) is 50.6 Å². The zero-order valence-corrected chi connectivity index (χ0v) is 14.9. The summed E-state index contributed by atoms with van der Waals surface area (Å²) in [5, 5.41) is 5.47. The van der Waals surface area contributed by atoms with Gasteiger partial charge in [0.25, 0.3) is 0 Å². The normalized spacial score (nSPS) is 16.7. The molecular weight excluding hydrogens is 312 g/mol. The van der Waals surface area contributed by atoms with Gasteiger partial charge in [-0.3, -0.25) is 4.90 Å². The minimum atomic E-state index is 0.634. The summed E-state index contributed by atoms with van der Waals surface area (Å²) < 4.78 is 5.41. The van der Waals surface area contributed by atoms with Gasteiger partial charge in [0.05, 0.1) is 6.54 Å². The first-order valence-corrected chi connectivity index (χ1v) is 9.43. The number of hydrogen-bond acceptors (Lipinski definition) is 4. The fraction of sp³-hybridized carbons (Fsp3) is 0.500. The minimum Gasteiger partial charge on any atom is -0.361 e. The lowest BCUT2D eigenvalue weighted by molar-refractivity contribution is 0.181. The number of para-hydroxylation sites is 1. The van der Waals surface area contributed by atoms with Crippen molar-refractivity contribution in [3.05, 3.63) is 47.7 Å². The Morgan fingerprint density at radius 3 is 2.92 bits per heavy atom. The lowest BCUT2D eigenvalue weighted by Gasteiger charge is -2.30. The fourth-order valence-corrected chi connectivity index (χ4v) is 3.82. The minimum absolute atomic E-state index is 0.634. The van der Waals surface area contributed by atoms with Gasteiger partial charge in [0.1, 0.15) is 0 Å². The molecule has 0 unspecified atom stereocenters. The highest BCUT2D eigenvalue weighted by Gasteiger charge is 2.23. The second-order valence-corrected chi connectivity index (χ2v) is 7.05. The van der Waals surface area contributed by atoms with Crippen LogP contribution < -0.4 is 0 Å². The maximum absolute atomic E-state index is 5.41. The molecule has 0 aliphatic carbocycles. The Kier molecular flexibility index (Phi) is 4.83. The largest absolute Gasteiger partial charge is 0.361 e. The summed E-state index contributed by atoms with van der Waals surface area (Å²) in [6.45, 7) is 5.12. The molecule has 0 atom stereocenters. The van der Waals surface area contributed by atoms with Gasteiger partial charge in [0, 0.05) is 23.5 Å². The summed E-state index contributed by atoms with van der Waals surface area (Å²) in [7, 11) is 0. The monoisotopic (exact) mass is 338 g/mol. The van der Waals surface area contributed by atoms with Crippen LogP contribution in [0.1, 0.15) is 55.8 Å². The van der Waals surface area contributed by atoms with Crippen molar-refractivity contribution < 1.29 is 4.52 Å². The van der Waals surface area contributed by atoms with Crippen LogP contribution in [-0.4, -0.2) is 33.1 Å². The number of hydrogen-bond donors (Lipinski definition) is 1. The van der Waals surface area contributed by atoms with E-state index in [1.165, 1.54) is 29.3 Å². The Morgan fingerprint density at radius 1 is 1.24 bits per heavy atom. The van der Waals surface area contributed by atoms with Crippen LogP contribution >= 0.6 is 0 Å². The molecule has 0 bridgehead atoms. The molecule has 1 aromatic carbocycles. The van der Waals surface area contributed by atoms with E-state index in [4.69, 9.17) is 4.52 Å². The molecule has 3 aromatic rings. The van der Waals surface area contributed by atoms with Crippen molar-refractivity contribution in [1.29, 1.82) is 0 Å². The van der Waals surface area contributed by atoms with Crippen molar-refractivity contribution in [2.45, 2.75) is 51.5 Å². The summed E-state index contributed by atoms with van der Waals surface area (Å²) in [6.07, 6.45) is 7.75. The third kappa shape index (κ3) is 3.61. The van der Waals surface area contributed by atoms with E-state index in [0.29, 0.717) is 5.92 Å². The average molecular weight is 338 g/mol. The predicted molar refractivity (Wildman–Crippen MR) is 98.5 cm³/mol. The number of aryl methyl sites for hydroxylation is 1. The van der Waals surface area contributed by atoms with Crippen LogP contribution in [0.25, 0.3) is 10.9 Å². The number of H-pyrrole nitrogens is 1. The van der Waals surface area contributed by atoms with Crippen molar-refractivity contribution >= 4 is 10.9 Å². The second-order valence-electron chi connectivity index (χ2n) is 7.05. The van der Waals surface area contributed by atoms with Crippen molar-refractivity contribution in [2.24, 2.45) is 0 Å². The lowest BCUT2D eigenvalue weighted by atomic mass is 9.89. The van der Waals surface area contributed by atoms with Gasteiger partial charge < -0.3 is 9.51 Å². The number of likely N-dealkylation sites (tertiary alicyclic amines) is 1. The highest BCUT2D eigenvalue weighted by Crippen LogP contribution is 2.33. The Bertz CT molecular complexity index is 814. The smallest absolute Gasteiger partial charge is 0.240 e. The number of rotatable bonds is 6. The van der Waals surface area contributed by atoms with Gasteiger partial charge in [-0.1, -0.05) is 36.7 Å². The van der Waals surface area contributed by atoms with Gasteiger partial charge >= 0.3 is 0 Å². The zero-order valence-electron chi connectivity index (χ0n) is 14.9. The van der Waals surface area contributed by atoms with Crippen LogP contribution in [0.15, 0.2) is 35.0 Å². The maximum Gasteiger partial charge on any atom is 0.240 e. The van der Waals surface area contributed by atoms with Gasteiger partial charge in [0.2, 0.25) is 5.89 Å². The fourth-order valence-electron chi connectivity index (χ4n) is 3.82. The number of fused-ring (bicyclic) bond motifs is 1. The molecule has 1 aliphatic rings. The maximum atomic E-state index is 5.41. The van der Waals surface area contributed by atoms with E-state index >= 15 is 0 Å². The molecule has 0 amide bonds. The van der Waals surface area contributed by atoms with E-state index in [1.54, 1.807) is 0 Å². The predicted octanol–water partition coefficient (Wildman–Crippen LogP) is 4.27. The van der Waals surface area contributed by atoms with Crippen LogP contribution in [0.4, 0.5) is 0 Å². The third-order valence-corrected chi connectivity index (χ3v) is 5.27. The van der Waals surface area contributed by atoms with Crippen molar-refractivity contribution in [2.75, 3.05) is 13.1 Å². The quantitative estimate of drug-likeness (QED) is 0.729. The lowest BCUT2D eigenvalue weighted by Crippen LogP contribution is -2.32. The Balaban J connectivity index is 1.34. The first-order chi connectivity index (χ1) is 12.3. The molecule has 132 valence electrons. The number of nitrogens with one attached hydrogen (secondary N) is 1. The van der Waals surface area contributed by atoms with Gasteiger partial charge in [0.15, 0.2) is 5.82 Å². The van der Waals surface area contributed by atoms with Gasteiger partial charge in [-0.2, -0.15) is 4.98 Å². The SMILES string of the molecule is CCCCc1noc(CN2CCC(c3c[nH]c4ccccc34)CC2)n1. The molecule has 0 saturated carbocycles. The third-order valence-electron chi connectivity index (χ3n) is 5.27. The number of nitrogens with zero attached hydrogens (tertiary/aromatic N) is 3. The highest BCUT2D eigenvalue weighted by molar-refractivity contribution is 5.83. The molecule has 4 rings (SSSR count). The van der Waals surface area contributed by atoms with E-state index < -0.39 is 0 Å². The van der Waals surface area contributed by atoms with E-state index in [-0.39, 0.29) is 0 Å². The summed E-state index contributed by atoms with van der Waals surface area (Å²) >= 11 is 0. The summed E-state index contributed by atoms with van der Waals surface area (Å²) in [5.41, 5.74) is 2.71. The van der Waals surface area contributed by atoms with E-state index in [2.05, 4.69) is 57.4 Å². The van der Waals surface area contributed by atoms with Gasteiger partial charge in [-0.05, 0) is 49.9 Å². The molecular formula is C20H26N4O. The molecule has 0 radical (unpaired) electrons. The second kappa shape index (κ2) is 7.40. The molecule has 5 heteroatoms. The Hall–Kier alpha value is -2.14. The standard InChI is InChI=1S/C20H26N4O/c1-2-3-8-19-22-20(25-23-19)14-24-11-9-15(10-12-24)17-13-21-18-7-5-4-6-16(17)18/h4-7,13,15,21H,2-3,8-12,14H2,1H3. The molecule has 3 heterocycles. The number of unbranched alkanes of at least 4 members (excludes halogenated alkanes) is 1. The molecule has 25 heavy (non-hydrogen) atoms. The van der Waals surface area contributed by atoms with Crippen molar-refractivity contribution in [3.8, 4) is 0 Å².